The quantitative estimate of drug-likeness (QED) is 0.585. The predicted molar refractivity (Wildman–Crippen MR) is 68.6 cm³/mol. The molecule has 2 radical (unpaired) electrons. The molecule has 0 spiro atoms. The van der Waals surface area contributed by atoms with Crippen LogP contribution in [-0.2, 0) is 0 Å². The van der Waals surface area contributed by atoms with Gasteiger partial charge in [0.05, 0.1) is 0 Å². The standard InChI is InChI=1S/C14H10N2O.Li/c15-9-11-5-1-3-7-13(11)16-10-12-6-2-4-8-14(12)17;/h1-8,10,17H;/q;-1. The summed E-state index contributed by atoms with van der Waals surface area (Å²) in [5.41, 5.74) is 1.81. The summed E-state index contributed by atoms with van der Waals surface area (Å²) in [6.45, 7) is 0. The van der Waals surface area contributed by atoms with Crippen LogP contribution in [0.25, 0.3) is 0 Å². The van der Waals surface area contributed by atoms with E-state index < -0.39 is 0 Å². The van der Waals surface area contributed by atoms with Gasteiger partial charge in [-0.15, -0.1) is 0 Å². The number of hydrogen-bond acceptors (Lipinski definition) is 2. The molecule has 2 rings (SSSR count). The third-order valence-electron chi connectivity index (χ3n) is 2.35. The minimum absolute atomic E-state index is 0. The third kappa shape index (κ3) is 3.24. The van der Waals surface area contributed by atoms with E-state index in [0.29, 0.717) is 16.8 Å². The van der Waals surface area contributed by atoms with Gasteiger partial charge in [-0.3, -0.25) is 0 Å². The van der Waals surface area contributed by atoms with Crippen LogP contribution in [0, 0.1) is 11.3 Å². The van der Waals surface area contributed by atoms with Crippen LogP contribution in [0.15, 0.2) is 48.5 Å². The monoisotopic (exact) mass is 229 g/mol. The summed E-state index contributed by atoms with van der Waals surface area (Å²) in [6, 6.07) is 16.0. The van der Waals surface area contributed by atoms with E-state index in [1.54, 1.807) is 42.6 Å². The Hall–Kier alpha value is -2.00. The summed E-state index contributed by atoms with van der Waals surface area (Å²) < 4.78 is 0. The smallest absolute Gasteiger partial charge is 0.221 e. The molecule has 0 bridgehead atoms. The van der Waals surface area contributed by atoms with Gasteiger partial charge in [-0.05, 0) is 12.1 Å². The Balaban J connectivity index is 0.00000162. The van der Waals surface area contributed by atoms with Crippen LogP contribution in [-0.4, -0.2) is 25.1 Å². The van der Waals surface area contributed by atoms with E-state index in [2.05, 4.69) is 11.1 Å². The van der Waals surface area contributed by atoms with Crippen molar-refractivity contribution >= 4 is 30.8 Å². The summed E-state index contributed by atoms with van der Waals surface area (Å²) in [5.74, 6) is -0.0468. The Kier molecular flexibility index (Phi) is 5.21. The van der Waals surface area contributed by atoms with Crippen molar-refractivity contribution in [1.82, 2.24) is 0 Å². The fraction of sp³-hybridized carbons (Fsp3) is 0. The van der Waals surface area contributed by atoms with E-state index in [9.17, 15) is 5.11 Å². The molecule has 2 aromatic carbocycles. The minimum Gasteiger partial charge on any atom is -1.00 e. The number of para-hydroxylation sites is 2. The second kappa shape index (κ2) is 6.66. The van der Waals surface area contributed by atoms with Gasteiger partial charge in [-0.1, -0.05) is 36.1 Å². The molecule has 0 atom stereocenters. The first kappa shape index (κ1) is 14.1. The molecule has 18 heavy (non-hydrogen) atoms. The van der Waals surface area contributed by atoms with Gasteiger partial charge < -0.3 is 24.0 Å². The average molecular weight is 229 g/mol. The number of nitrogens with zero attached hydrogens (tertiary/aromatic N) is 1. The molecule has 0 aliphatic rings. The molecule has 84 valence electrons. The second-order valence-corrected chi connectivity index (χ2v) is 3.48. The second-order valence-electron chi connectivity index (χ2n) is 3.48. The van der Waals surface area contributed by atoms with Gasteiger partial charge >= 0.3 is 0 Å². The molecule has 0 aliphatic carbocycles. The normalized spacial score (nSPS) is 9.72. The molecule has 1 N–H and O–H groups in total. The summed E-state index contributed by atoms with van der Waals surface area (Å²) in [5, 5.41) is 20.4. The fourth-order valence-electron chi connectivity index (χ4n) is 1.46. The summed E-state index contributed by atoms with van der Waals surface area (Å²) >= 11 is 0. The molecule has 0 fully saturated rings. The van der Waals surface area contributed by atoms with E-state index in [1.165, 1.54) is 6.07 Å². The van der Waals surface area contributed by atoms with Gasteiger partial charge in [0.2, 0.25) is 5.69 Å². The number of benzene rings is 2. The van der Waals surface area contributed by atoms with Crippen LogP contribution in [0.3, 0.4) is 0 Å². The molecule has 0 aliphatic heterocycles. The maximum absolute atomic E-state index is 11.5. The predicted octanol–water partition coefficient (Wildman–Crippen LogP) is 0.0823. The van der Waals surface area contributed by atoms with Gasteiger partial charge in [-0.25, -0.2) is 4.99 Å². The van der Waals surface area contributed by atoms with Gasteiger partial charge in [0.15, 0.2) is 6.21 Å². The summed E-state index contributed by atoms with van der Waals surface area (Å²) in [4.78, 5) is 2.97. The topological polar surface area (TPSA) is 60.8 Å². The maximum atomic E-state index is 11.5. The van der Waals surface area contributed by atoms with Crippen molar-refractivity contribution in [2.75, 3.05) is 0 Å². The van der Waals surface area contributed by atoms with E-state index in [0.717, 1.165) is 0 Å². The van der Waals surface area contributed by atoms with Gasteiger partial charge in [-0.2, -0.15) is 5.26 Å². The van der Waals surface area contributed by atoms with Crippen molar-refractivity contribution in [2.24, 2.45) is 0 Å². The molecule has 3 nitrogen and oxygen atoms in total. The number of nitrogens with one attached hydrogen (secondary N) is 1. The first-order valence-electron chi connectivity index (χ1n) is 5.16. The van der Waals surface area contributed by atoms with Crippen LogP contribution >= 0.6 is 0 Å². The Bertz CT molecular complexity index is 603. The van der Waals surface area contributed by atoms with Crippen LogP contribution in [0.4, 0.5) is 5.69 Å². The maximum Gasteiger partial charge on any atom is 0.221 e. The molecule has 2 aromatic rings. The third-order valence-corrected chi connectivity index (χ3v) is 2.35. The molecular formula is C14H10LiN2O-. The zero-order valence-electron chi connectivity index (χ0n) is 10.1. The molecule has 0 amide bonds. The molecule has 4 heteroatoms. The van der Waals surface area contributed by atoms with Crippen LogP contribution in [0.1, 0.15) is 11.1 Å². The zero-order valence-corrected chi connectivity index (χ0v) is 10.1. The van der Waals surface area contributed by atoms with Crippen LogP contribution in [0.2, 0.25) is 0 Å². The molecule has 0 heterocycles. The minimum atomic E-state index is -0.0468. The van der Waals surface area contributed by atoms with Gasteiger partial charge in [0.25, 0.3) is 0 Å². The molecular weight excluding hydrogens is 219 g/mol. The van der Waals surface area contributed by atoms with E-state index in [1.807, 2.05) is 6.07 Å². The average Bonchev–Trinajstić information content (AvgIpc) is 2.38. The molecule has 0 saturated heterocycles. The largest absolute Gasteiger partial charge is 1.00 e. The van der Waals surface area contributed by atoms with E-state index >= 15 is 0 Å². The summed E-state index contributed by atoms with van der Waals surface area (Å²) in [7, 11) is 0. The Labute approximate surface area is 118 Å². The Morgan fingerprint density at radius 1 is 1.06 bits per heavy atom. The number of rotatable bonds is 2. The van der Waals surface area contributed by atoms with Crippen molar-refractivity contribution in [1.29, 1.82) is 5.26 Å². The van der Waals surface area contributed by atoms with Crippen molar-refractivity contribution in [3.05, 3.63) is 59.7 Å². The van der Waals surface area contributed by atoms with Gasteiger partial charge in [0, 0.05) is 11.6 Å². The first-order valence-corrected chi connectivity index (χ1v) is 5.16. The zero-order chi connectivity index (χ0) is 12.1. The fourth-order valence-corrected chi connectivity index (χ4v) is 1.46. The van der Waals surface area contributed by atoms with Crippen LogP contribution < -0.4 is 10.1 Å². The molecule has 0 aromatic heterocycles. The summed E-state index contributed by atoms with van der Waals surface area (Å²) in [6.07, 6.45) is 1.61. The SMILES string of the molecule is N#Cc1ccccc1[NH+]=Cc1ccccc1[O-].[Li-]. The number of nitriles is 1. The Morgan fingerprint density at radius 2 is 1.72 bits per heavy atom. The molecule has 0 saturated carbocycles. The van der Waals surface area contributed by atoms with E-state index in [4.69, 9.17) is 5.26 Å². The van der Waals surface area contributed by atoms with Crippen molar-refractivity contribution in [3.63, 3.8) is 0 Å². The molecule has 0 unspecified atom stereocenters. The van der Waals surface area contributed by atoms with Crippen molar-refractivity contribution < 1.29 is 10.1 Å². The van der Waals surface area contributed by atoms with Gasteiger partial charge in [0.1, 0.15) is 11.6 Å². The van der Waals surface area contributed by atoms with Crippen LogP contribution in [0.5, 0.6) is 5.75 Å². The van der Waals surface area contributed by atoms with Crippen molar-refractivity contribution in [2.45, 2.75) is 0 Å². The first-order chi connectivity index (χ1) is 8.31. The number of hydrogen-bond donors (Lipinski definition) is 1. The van der Waals surface area contributed by atoms with Crippen molar-refractivity contribution in [3.8, 4) is 11.8 Å². The van der Waals surface area contributed by atoms with E-state index in [-0.39, 0.29) is 24.6 Å². The Morgan fingerprint density at radius 3 is 2.44 bits per heavy atom.